The van der Waals surface area contributed by atoms with E-state index in [1.165, 1.54) is 12.8 Å². The molecule has 25 heavy (non-hydrogen) atoms. The summed E-state index contributed by atoms with van der Waals surface area (Å²) in [6, 6.07) is 5.40. The van der Waals surface area contributed by atoms with Gasteiger partial charge < -0.3 is 20.3 Å². The molecule has 1 fully saturated rings. The summed E-state index contributed by atoms with van der Waals surface area (Å²) in [7, 11) is 0. The van der Waals surface area contributed by atoms with Gasteiger partial charge in [0.2, 0.25) is 0 Å². The maximum Gasteiger partial charge on any atom is 0.191 e. The third-order valence-electron chi connectivity index (χ3n) is 4.20. The fraction of sp³-hybridized carbons (Fsp3) is 0.632. The lowest BCUT2D eigenvalue weighted by Gasteiger charge is -2.29. The second kappa shape index (κ2) is 10.9. The average Bonchev–Trinajstić information content (AvgIpc) is 2.64. The molecule has 0 spiro atoms. The second-order valence-corrected chi connectivity index (χ2v) is 6.21. The molecule has 1 aliphatic rings. The van der Waals surface area contributed by atoms with Gasteiger partial charge in [0.25, 0.3) is 0 Å². The molecule has 0 amide bonds. The van der Waals surface area contributed by atoms with Crippen molar-refractivity contribution in [3.63, 3.8) is 0 Å². The van der Waals surface area contributed by atoms with Gasteiger partial charge in [-0.15, -0.1) is 0 Å². The Kier molecular flexibility index (Phi) is 8.52. The number of nitrogens with one attached hydrogen (secondary N) is 2. The normalized spacial score (nSPS) is 15.3. The first kappa shape index (κ1) is 19.5. The first-order chi connectivity index (χ1) is 12.2. The van der Waals surface area contributed by atoms with Crippen molar-refractivity contribution in [1.82, 2.24) is 10.6 Å². The number of ether oxygens (including phenoxy) is 1. The number of nitrogens with zero attached hydrogens (tertiary/aromatic N) is 2. The van der Waals surface area contributed by atoms with Crippen LogP contribution in [0.5, 0.6) is 0 Å². The molecule has 1 aromatic rings. The number of anilines is 1. The maximum absolute atomic E-state index is 14.4. The van der Waals surface area contributed by atoms with Crippen LogP contribution in [0, 0.1) is 5.82 Å². The Morgan fingerprint density at radius 1 is 1.20 bits per heavy atom. The summed E-state index contributed by atoms with van der Waals surface area (Å²) >= 11 is 0. The predicted octanol–water partition coefficient (Wildman–Crippen LogP) is 2.91. The topological polar surface area (TPSA) is 48.9 Å². The van der Waals surface area contributed by atoms with Gasteiger partial charge in [0.15, 0.2) is 5.96 Å². The molecule has 0 aromatic heterocycles. The smallest absolute Gasteiger partial charge is 0.191 e. The third-order valence-corrected chi connectivity index (χ3v) is 4.20. The monoisotopic (exact) mass is 350 g/mol. The molecule has 1 heterocycles. The number of morpholine rings is 1. The lowest BCUT2D eigenvalue weighted by Crippen LogP contribution is -2.37. The van der Waals surface area contributed by atoms with Crippen molar-refractivity contribution in [2.24, 2.45) is 4.99 Å². The van der Waals surface area contributed by atoms with E-state index in [0.717, 1.165) is 44.1 Å². The number of guanidine groups is 1. The highest BCUT2D eigenvalue weighted by atomic mass is 19.1. The fourth-order valence-corrected chi connectivity index (χ4v) is 2.80. The van der Waals surface area contributed by atoms with Crippen LogP contribution in [0.3, 0.4) is 0 Å². The quantitative estimate of drug-likeness (QED) is 0.430. The molecule has 0 aliphatic carbocycles. The van der Waals surface area contributed by atoms with Gasteiger partial charge in [-0.05, 0) is 31.0 Å². The molecule has 0 saturated carbocycles. The van der Waals surface area contributed by atoms with Gasteiger partial charge in [-0.3, -0.25) is 0 Å². The highest BCUT2D eigenvalue weighted by Crippen LogP contribution is 2.21. The molecule has 6 heteroatoms. The van der Waals surface area contributed by atoms with E-state index in [0.29, 0.717) is 25.4 Å². The summed E-state index contributed by atoms with van der Waals surface area (Å²) in [5.74, 6) is 0.603. The first-order valence-corrected chi connectivity index (χ1v) is 9.38. The summed E-state index contributed by atoms with van der Waals surface area (Å²) in [5, 5.41) is 6.56. The van der Waals surface area contributed by atoms with Crippen molar-refractivity contribution in [2.45, 2.75) is 39.7 Å². The van der Waals surface area contributed by atoms with E-state index in [-0.39, 0.29) is 5.82 Å². The van der Waals surface area contributed by atoms with Crippen molar-refractivity contribution in [1.29, 1.82) is 0 Å². The van der Waals surface area contributed by atoms with Crippen molar-refractivity contribution < 1.29 is 9.13 Å². The minimum atomic E-state index is -0.185. The van der Waals surface area contributed by atoms with Crippen molar-refractivity contribution in [2.75, 3.05) is 44.3 Å². The standard InChI is InChI=1S/C19H31FN4O/c1-3-5-6-9-22-19(21-4-2)23-15-16-7-8-18(17(20)14-16)24-10-12-25-13-11-24/h7-8,14H,3-6,9-13,15H2,1-2H3,(H2,21,22,23). The van der Waals surface area contributed by atoms with Gasteiger partial charge in [-0.1, -0.05) is 25.8 Å². The fourth-order valence-electron chi connectivity index (χ4n) is 2.80. The largest absolute Gasteiger partial charge is 0.378 e. The molecule has 1 saturated heterocycles. The predicted molar refractivity (Wildman–Crippen MR) is 102 cm³/mol. The molecule has 5 nitrogen and oxygen atoms in total. The van der Waals surface area contributed by atoms with E-state index in [2.05, 4.69) is 22.5 Å². The zero-order valence-electron chi connectivity index (χ0n) is 15.5. The van der Waals surface area contributed by atoms with Gasteiger partial charge in [-0.25, -0.2) is 9.38 Å². The highest BCUT2D eigenvalue weighted by Gasteiger charge is 2.15. The zero-order valence-corrected chi connectivity index (χ0v) is 15.5. The van der Waals surface area contributed by atoms with Crippen LogP contribution < -0.4 is 15.5 Å². The molecule has 0 radical (unpaired) electrons. The van der Waals surface area contributed by atoms with Crippen LogP contribution in [0.2, 0.25) is 0 Å². The number of hydrogen-bond acceptors (Lipinski definition) is 3. The van der Waals surface area contributed by atoms with Gasteiger partial charge in [0.05, 0.1) is 25.4 Å². The van der Waals surface area contributed by atoms with E-state index in [9.17, 15) is 4.39 Å². The molecular weight excluding hydrogens is 319 g/mol. The number of rotatable bonds is 8. The summed E-state index contributed by atoms with van der Waals surface area (Å²) in [6.45, 7) is 9.19. The first-order valence-electron chi connectivity index (χ1n) is 9.38. The van der Waals surface area contributed by atoms with Crippen LogP contribution in [-0.2, 0) is 11.3 Å². The third kappa shape index (κ3) is 6.53. The average molecular weight is 350 g/mol. The van der Waals surface area contributed by atoms with Crippen LogP contribution in [-0.4, -0.2) is 45.4 Å². The molecule has 140 valence electrons. The Morgan fingerprint density at radius 2 is 2.00 bits per heavy atom. The summed E-state index contributed by atoms with van der Waals surface area (Å²) < 4.78 is 19.8. The molecule has 0 unspecified atom stereocenters. The van der Waals surface area contributed by atoms with Gasteiger partial charge in [0, 0.05) is 26.2 Å². The number of benzene rings is 1. The highest BCUT2D eigenvalue weighted by molar-refractivity contribution is 5.79. The Labute approximate surface area is 150 Å². The molecule has 2 N–H and O–H groups in total. The van der Waals surface area contributed by atoms with Crippen molar-refractivity contribution in [3.8, 4) is 0 Å². The molecule has 1 aliphatic heterocycles. The SMILES string of the molecule is CCCCCNC(=NCc1ccc(N2CCOCC2)c(F)c1)NCC. The number of aliphatic imine (C=N–C) groups is 1. The number of hydrogen-bond donors (Lipinski definition) is 2. The molecule has 2 rings (SSSR count). The second-order valence-electron chi connectivity index (χ2n) is 6.21. The van der Waals surface area contributed by atoms with Gasteiger partial charge in [0.1, 0.15) is 5.82 Å². The zero-order chi connectivity index (χ0) is 17.9. The molecule has 0 bridgehead atoms. The van der Waals surface area contributed by atoms with E-state index in [4.69, 9.17) is 4.74 Å². The minimum Gasteiger partial charge on any atom is -0.378 e. The van der Waals surface area contributed by atoms with Crippen LogP contribution in [0.25, 0.3) is 0 Å². The number of unbranched alkanes of at least 4 members (excludes halogenated alkanes) is 2. The van der Waals surface area contributed by atoms with E-state index in [1.54, 1.807) is 6.07 Å². The van der Waals surface area contributed by atoms with Crippen LogP contribution in [0.4, 0.5) is 10.1 Å². The van der Waals surface area contributed by atoms with Crippen molar-refractivity contribution in [3.05, 3.63) is 29.6 Å². The Hall–Kier alpha value is -1.82. The Bertz CT molecular complexity index is 544. The van der Waals surface area contributed by atoms with Gasteiger partial charge >= 0.3 is 0 Å². The van der Waals surface area contributed by atoms with Gasteiger partial charge in [-0.2, -0.15) is 0 Å². The summed E-state index contributed by atoms with van der Waals surface area (Å²) in [6.07, 6.45) is 3.54. The maximum atomic E-state index is 14.4. The minimum absolute atomic E-state index is 0.185. The Balaban J connectivity index is 1.94. The van der Waals surface area contributed by atoms with Crippen LogP contribution in [0.15, 0.2) is 23.2 Å². The van der Waals surface area contributed by atoms with Crippen LogP contribution >= 0.6 is 0 Å². The van der Waals surface area contributed by atoms with E-state index >= 15 is 0 Å². The van der Waals surface area contributed by atoms with Crippen LogP contribution in [0.1, 0.15) is 38.7 Å². The Morgan fingerprint density at radius 3 is 2.68 bits per heavy atom. The van der Waals surface area contributed by atoms with E-state index in [1.807, 2.05) is 24.0 Å². The lowest BCUT2D eigenvalue weighted by molar-refractivity contribution is 0.122. The molecular formula is C19H31FN4O. The summed E-state index contributed by atoms with van der Waals surface area (Å²) in [5.41, 5.74) is 1.53. The van der Waals surface area contributed by atoms with Crippen molar-refractivity contribution >= 4 is 11.6 Å². The number of halogens is 1. The molecule has 1 aromatic carbocycles. The summed E-state index contributed by atoms with van der Waals surface area (Å²) in [4.78, 5) is 6.59. The molecule has 0 atom stereocenters. The lowest BCUT2D eigenvalue weighted by atomic mass is 10.1. The van der Waals surface area contributed by atoms with E-state index < -0.39 is 0 Å².